The van der Waals surface area contributed by atoms with Gasteiger partial charge in [0.2, 0.25) is 0 Å². The van der Waals surface area contributed by atoms with Gasteiger partial charge in [-0.25, -0.2) is 0 Å². The maximum Gasteiger partial charge on any atom is 1.00 e. The van der Waals surface area contributed by atoms with Crippen molar-refractivity contribution in [2.24, 2.45) is 5.41 Å². The van der Waals surface area contributed by atoms with E-state index in [2.05, 4.69) is 0 Å². The second-order valence-corrected chi connectivity index (χ2v) is 2.26. The molecule has 5 heteroatoms. The summed E-state index contributed by atoms with van der Waals surface area (Å²) < 4.78 is 0. The van der Waals surface area contributed by atoms with E-state index in [9.17, 15) is 4.79 Å². The Kier molecular flexibility index (Phi) is 8.64. The predicted molar refractivity (Wildman–Crippen MR) is 35.6 cm³/mol. The van der Waals surface area contributed by atoms with Gasteiger partial charge < -0.3 is 16.7 Å². The van der Waals surface area contributed by atoms with E-state index < -0.39 is 24.6 Å². The standard InChI is InChI=1S/C6H12O4.K.H/c1-2-6(3-7,4-8)5(9)10;;/h7-8H,2-4H2,1H3,(H,9,10);;/q;+1;-1. The van der Waals surface area contributed by atoms with Gasteiger partial charge in [0.1, 0.15) is 5.41 Å². The van der Waals surface area contributed by atoms with Crippen LogP contribution in [0.3, 0.4) is 0 Å². The quantitative estimate of drug-likeness (QED) is 0.401. The molecule has 0 aliphatic carbocycles. The monoisotopic (exact) mass is 188 g/mol. The summed E-state index contributed by atoms with van der Waals surface area (Å²) in [6.07, 6.45) is 0.231. The van der Waals surface area contributed by atoms with Crippen molar-refractivity contribution in [1.82, 2.24) is 0 Å². The Bertz CT molecular complexity index is 118. The molecule has 0 amide bonds. The van der Waals surface area contributed by atoms with Crippen molar-refractivity contribution in [2.45, 2.75) is 13.3 Å². The van der Waals surface area contributed by atoms with Crippen LogP contribution >= 0.6 is 0 Å². The summed E-state index contributed by atoms with van der Waals surface area (Å²) in [5, 5.41) is 25.7. The van der Waals surface area contributed by atoms with Gasteiger partial charge in [0.15, 0.2) is 0 Å². The molecule has 0 saturated heterocycles. The van der Waals surface area contributed by atoms with Crippen molar-refractivity contribution < 1.29 is 72.9 Å². The average Bonchev–Trinajstić information content (AvgIpc) is 1.92. The van der Waals surface area contributed by atoms with Crippen molar-refractivity contribution in [3.63, 3.8) is 0 Å². The van der Waals surface area contributed by atoms with Crippen LogP contribution in [-0.4, -0.2) is 34.5 Å². The van der Waals surface area contributed by atoms with Crippen LogP contribution in [0.1, 0.15) is 14.8 Å². The molecule has 0 aliphatic rings. The Morgan fingerprint density at radius 2 is 1.82 bits per heavy atom. The van der Waals surface area contributed by atoms with Gasteiger partial charge in [-0.1, -0.05) is 6.92 Å². The predicted octanol–water partition coefficient (Wildman–Crippen LogP) is -3.43. The van der Waals surface area contributed by atoms with Gasteiger partial charge >= 0.3 is 57.4 Å². The first-order valence-electron chi connectivity index (χ1n) is 3.08. The molecule has 3 N–H and O–H groups in total. The van der Waals surface area contributed by atoms with Crippen molar-refractivity contribution in [1.29, 1.82) is 0 Å². The van der Waals surface area contributed by atoms with Crippen LogP contribution in [0, 0.1) is 5.41 Å². The molecular weight excluding hydrogens is 175 g/mol. The average molecular weight is 188 g/mol. The molecule has 0 heterocycles. The summed E-state index contributed by atoms with van der Waals surface area (Å²) >= 11 is 0. The van der Waals surface area contributed by atoms with Gasteiger partial charge in [-0.2, -0.15) is 0 Å². The molecule has 0 unspecified atom stereocenters. The molecule has 0 aromatic heterocycles. The van der Waals surface area contributed by atoms with Crippen LogP contribution in [0.25, 0.3) is 0 Å². The van der Waals surface area contributed by atoms with E-state index in [4.69, 9.17) is 15.3 Å². The minimum atomic E-state index is -1.35. The summed E-state index contributed by atoms with van der Waals surface area (Å²) in [6, 6.07) is 0. The Balaban J connectivity index is -0.000000405. The number of carboxylic acid groups (broad SMARTS) is 1. The SMILES string of the molecule is CCC(CO)(CO)C(=O)O.[H-].[K+]. The van der Waals surface area contributed by atoms with E-state index in [1.165, 1.54) is 0 Å². The summed E-state index contributed by atoms with van der Waals surface area (Å²) in [6.45, 7) is 0.575. The molecule has 62 valence electrons. The zero-order valence-electron chi connectivity index (χ0n) is 7.87. The third-order valence-electron chi connectivity index (χ3n) is 1.74. The zero-order valence-corrected chi connectivity index (χ0v) is 9.99. The van der Waals surface area contributed by atoms with E-state index in [0.717, 1.165) is 0 Å². The van der Waals surface area contributed by atoms with E-state index in [-0.39, 0.29) is 59.2 Å². The van der Waals surface area contributed by atoms with Crippen LogP contribution in [0.4, 0.5) is 0 Å². The number of rotatable bonds is 4. The number of hydrogen-bond donors (Lipinski definition) is 3. The van der Waals surface area contributed by atoms with Gasteiger partial charge in [-0.15, -0.1) is 0 Å². The second-order valence-electron chi connectivity index (χ2n) is 2.26. The fourth-order valence-electron chi connectivity index (χ4n) is 0.560. The topological polar surface area (TPSA) is 77.8 Å². The van der Waals surface area contributed by atoms with Crippen molar-refractivity contribution in [3.8, 4) is 0 Å². The molecular formula is C6H13KO4. The fourth-order valence-corrected chi connectivity index (χ4v) is 0.560. The minimum Gasteiger partial charge on any atom is -1.00 e. The van der Waals surface area contributed by atoms with Gasteiger partial charge in [0.05, 0.1) is 13.2 Å². The first-order chi connectivity index (χ1) is 4.63. The number of aliphatic carboxylic acids is 1. The maximum atomic E-state index is 10.4. The molecule has 0 fully saturated rings. The van der Waals surface area contributed by atoms with Gasteiger partial charge in [-0.3, -0.25) is 4.79 Å². The number of carboxylic acids is 1. The first-order valence-corrected chi connectivity index (χ1v) is 3.08. The molecule has 0 bridgehead atoms. The molecule has 4 nitrogen and oxygen atoms in total. The minimum absolute atomic E-state index is 0. The Hall–Kier alpha value is 1.03. The molecule has 0 atom stereocenters. The maximum absolute atomic E-state index is 10.4. The van der Waals surface area contributed by atoms with E-state index in [1.54, 1.807) is 6.92 Å². The van der Waals surface area contributed by atoms with Crippen molar-refractivity contribution in [3.05, 3.63) is 0 Å². The molecule has 0 aliphatic heterocycles. The summed E-state index contributed by atoms with van der Waals surface area (Å²) in [5.74, 6) is -1.15. The van der Waals surface area contributed by atoms with E-state index in [1.807, 2.05) is 0 Å². The third kappa shape index (κ3) is 3.50. The number of aliphatic hydroxyl groups excluding tert-OH is 2. The fraction of sp³-hybridized carbons (Fsp3) is 0.833. The number of hydrogen-bond acceptors (Lipinski definition) is 3. The molecule has 0 radical (unpaired) electrons. The number of aliphatic hydroxyl groups is 2. The summed E-state index contributed by atoms with van der Waals surface area (Å²) in [4.78, 5) is 10.4. The van der Waals surface area contributed by atoms with Gasteiger partial charge in [-0.05, 0) is 6.42 Å². The Morgan fingerprint density at radius 3 is 1.82 bits per heavy atom. The molecule has 0 rings (SSSR count). The van der Waals surface area contributed by atoms with Crippen LogP contribution in [0.15, 0.2) is 0 Å². The molecule has 0 aromatic carbocycles. The normalized spacial score (nSPS) is 10.5. The number of carbonyl (C=O) groups is 1. The third-order valence-corrected chi connectivity index (χ3v) is 1.74. The van der Waals surface area contributed by atoms with E-state index in [0.29, 0.717) is 0 Å². The van der Waals surface area contributed by atoms with Crippen LogP contribution < -0.4 is 51.4 Å². The Morgan fingerprint density at radius 1 is 1.45 bits per heavy atom. The molecule has 0 saturated carbocycles. The Labute approximate surface area is 110 Å². The van der Waals surface area contributed by atoms with E-state index >= 15 is 0 Å². The first kappa shape index (κ1) is 14.5. The zero-order chi connectivity index (χ0) is 8.20. The molecule has 11 heavy (non-hydrogen) atoms. The second kappa shape index (κ2) is 6.53. The molecule has 0 aromatic rings. The van der Waals surface area contributed by atoms with Crippen molar-refractivity contribution in [2.75, 3.05) is 13.2 Å². The smallest absolute Gasteiger partial charge is 1.00 e. The molecule has 0 spiro atoms. The summed E-state index contributed by atoms with van der Waals surface area (Å²) in [7, 11) is 0. The van der Waals surface area contributed by atoms with Crippen LogP contribution in [0.2, 0.25) is 0 Å². The van der Waals surface area contributed by atoms with Crippen molar-refractivity contribution >= 4 is 5.97 Å². The van der Waals surface area contributed by atoms with Crippen LogP contribution in [-0.2, 0) is 4.79 Å². The largest absolute Gasteiger partial charge is 1.00 e. The van der Waals surface area contributed by atoms with Gasteiger partial charge in [0, 0.05) is 0 Å². The van der Waals surface area contributed by atoms with Crippen LogP contribution in [0.5, 0.6) is 0 Å². The van der Waals surface area contributed by atoms with Gasteiger partial charge in [0.25, 0.3) is 0 Å². The summed E-state index contributed by atoms with van der Waals surface area (Å²) in [5.41, 5.74) is -1.35.